The second-order valence-corrected chi connectivity index (χ2v) is 6.44. The minimum atomic E-state index is -0.656. The molecule has 0 bridgehead atoms. The highest BCUT2D eigenvalue weighted by atomic mass is 16.4. The highest BCUT2D eigenvalue weighted by molar-refractivity contribution is 5.74. The molecule has 0 aliphatic heterocycles. The van der Waals surface area contributed by atoms with Gasteiger partial charge in [0.25, 0.3) is 0 Å². The van der Waals surface area contributed by atoms with Gasteiger partial charge in [0.2, 0.25) is 0 Å². The Balaban J connectivity index is 2.68. The van der Waals surface area contributed by atoms with Crippen molar-refractivity contribution in [2.45, 2.75) is 51.5 Å². The van der Waals surface area contributed by atoms with E-state index in [0.29, 0.717) is 19.4 Å². The molecule has 0 atom stereocenters. The van der Waals surface area contributed by atoms with Crippen LogP contribution in [-0.4, -0.2) is 60.6 Å². The second kappa shape index (κ2) is 6.23. The maximum atomic E-state index is 11.6. The summed E-state index contributed by atoms with van der Waals surface area (Å²) < 4.78 is 0. The van der Waals surface area contributed by atoms with E-state index >= 15 is 0 Å². The number of hydrogen-bond acceptors (Lipinski definition) is 3. The third-order valence-corrected chi connectivity index (χ3v) is 5.18. The van der Waals surface area contributed by atoms with Crippen LogP contribution in [0.25, 0.3) is 0 Å². The molecule has 0 saturated heterocycles. The molecular formula is C15H30N2O2. The lowest BCUT2D eigenvalue weighted by Gasteiger charge is -2.50. The van der Waals surface area contributed by atoms with Gasteiger partial charge in [-0.2, -0.15) is 0 Å². The first-order valence-electron chi connectivity index (χ1n) is 7.41. The number of carboxylic acids is 1. The molecule has 0 aromatic carbocycles. The van der Waals surface area contributed by atoms with Gasteiger partial charge in [-0.25, -0.2) is 0 Å². The van der Waals surface area contributed by atoms with Gasteiger partial charge in [0.1, 0.15) is 0 Å². The van der Waals surface area contributed by atoms with Gasteiger partial charge in [-0.1, -0.05) is 13.8 Å². The molecule has 1 aliphatic carbocycles. The van der Waals surface area contributed by atoms with Crippen LogP contribution >= 0.6 is 0 Å². The van der Waals surface area contributed by atoms with Crippen molar-refractivity contribution in [1.82, 2.24) is 9.80 Å². The molecule has 0 spiro atoms. The summed E-state index contributed by atoms with van der Waals surface area (Å²) in [4.78, 5) is 16.1. The predicted octanol–water partition coefficient (Wildman–Crippen LogP) is 2.29. The fourth-order valence-corrected chi connectivity index (χ4v) is 3.25. The van der Waals surface area contributed by atoms with E-state index in [1.165, 1.54) is 19.3 Å². The number of rotatable bonds is 8. The van der Waals surface area contributed by atoms with Gasteiger partial charge in [0.15, 0.2) is 0 Å². The summed E-state index contributed by atoms with van der Waals surface area (Å²) in [6, 6.07) is 0. The lowest BCUT2D eigenvalue weighted by molar-refractivity contribution is -0.151. The van der Waals surface area contributed by atoms with Crippen molar-refractivity contribution in [1.29, 1.82) is 0 Å². The van der Waals surface area contributed by atoms with Crippen LogP contribution < -0.4 is 0 Å². The van der Waals surface area contributed by atoms with Crippen LogP contribution in [0, 0.1) is 5.41 Å². The minimum Gasteiger partial charge on any atom is -0.481 e. The van der Waals surface area contributed by atoms with Crippen LogP contribution in [0.5, 0.6) is 0 Å². The zero-order valence-electron chi connectivity index (χ0n) is 13.2. The summed E-state index contributed by atoms with van der Waals surface area (Å²) in [7, 11) is 6.33. The third kappa shape index (κ3) is 3.29. The highest BCUT2D eigenvalue weighted by Crippen LogP contribution is 2.37. The number of carbonyl (C=O) groups is 1. The molecule has 19 heavy (non-hydrogen) atoms. The SMILES string of the molecule is CCC(CC)(CN(C)CC1(N(C)C)CCC1)C(=O)O. The average Bonchev–Trinajstić information content (AvgIpc) is 2.30. The monoisotopic (exact) mass is 270 g/mol. The molecule has 0 radical (unpaired) electrons. The maximum absolute atomic E-state index is 11.6. The molecule has 0 heterocycles. The molecule has 4 heteroatoms. The Kier molecular flexibility index (Phi) is 5.39. The van der Waals surface area contributed by atoms with Gasteiger partial charge in [-0.3, -0.25) is 4.79 Å². The van der Waals surface area contributed by atoms with Crippen molar-refractivity contribution >= 4 is 5.97 Å². The largest absolute Gasteiger partial charge is 0.481 e. The summed E-state index contributed by atoms with van der Waals surface area (Å²) in [6.45, 7) is 5.58. The van der Waals surface area contributed by atoms with Crippen LogP contribution in [0.15, 0.2) is 0 Å². The van der Waals surface area contributed by atoms with Crippen LogP contribution in [0.1, 0.15) is 46.0 Å². The van der Waals surface area contributed by atoms with Crippen molar-refractivity contribution in [2.24, 2.45) is 5.41 Å². The van der Waals surface area contributed by atoms with E-state index < -0.39 is 11.4 Å². The molecule has 0 aromatic heterocycles. The Morgan fingerprint density at radius 1 is 1.21 bits per heavy atom. The summed E-state index contributed by atoms with van der Waals surface area (Å²) in [6.07, 6.45) is 5.12. The number of nitrogens with zero attached hydrogens (tertiary/aromatic N) is 2. The van der Waals surface area contributed by atoms with Gasteiger partial charge in [-0.05, 0) is 53.2 Å². The highest BCUT2D eigenvalue weighted by Gasteiger charge is 2.42. The van der Waals surface area contributed by atoms with Gasteiger partial charge in [-0.15, -0.1) is 0 Å². The Morgan fingerprint density at radius 2 is 1.74 bits per heavy atom. The van der Waals surface area contributed by atoms with Crippen molar-refractivity contribution in [3.8, 4) is 0 Å². The van der Waals surface area contributed by atoms with E-state index in [0.717, 1.165) is 6.54 Å². The molecule has 1 aliphatic rings. The van der Waals surface area contributed by atoms with Crippen LogP contribution in [0.3, 0.4) is 0 Å². The normalized spacial score (nSPS) is 18.7. The smallest absolute Gasteiger partial charge is 0.310 e. The van der Waals surface area contributed by atoms with E-state index in [1.54, 1.807) is 0 Å². The van der Waals surface area contributed by atoms with E-state index in [9.17, 15) is 9.90 Å². The first-order chi connectivity index (χ1) is 8.82. The standard InChI is InChI=1S/C15H30N2O2/c1-6-14(7-2,13(18)19)11-17(5)12-15(16(3)4)9-8-10-15/h6-12H2,1-5H3,(H,18,19). The van der Waals surface area contributed by atoms with E-state index in [-0.39, 0.29) is 5.54 Å². The van der Waals surface area contributed by atoms with Crippen molar-refractivity contribution in [2.75, 3.05) is 34.2 Å². The van der Waals surface area contributed by atoms with Gasteiger partial charge < -0.3 is 14.9 Å². The third-order valence-electron chi connectivity index (χ3n) is 5.18. The number of hydrogen-bond donors (Lipinski definition) is 1. The molecule has 1 N–H and O–H groups in total. The number of likely N-dealkylation sites (N-methyl/N-ethyl adjacent to an activating group) is 2. The van der Waals surface area contributed by atoms with Gasteiger partial charge in [0, 0.05) is 18.6 Å². The lowest BCUT2D eigenvalue weighted by atomic mass is 9.74. The quantitative estimate of drug-likeness (QED) is 0.735. The van der Waals surface area contributed by atoms with Crippen LogP contribution in [-0.2, 0) is 4.79 Å². The second-order valence-electron chi connectivity index (χ2n) is 6.44. The molecule has 0 amide bonds. The first-order valence-corrected chi connectivity index (χ1v) is 7.41. The lowest BCUT2D eigenvalue weighted by Crippen LogP contribution is -2.58. The van der Waals surface area contributed by atoms with Gasteiger partial charge >= 0.3 is 5.97 Å². The Hall–Kier alpha value is -0.610. The fraction of sp³-hybridized carbons (Fsp3) is 0.933. The minimum absolute atomic E-state index is 0.264. The van der Waals surface area contributed by atoms with Crippen LogP contribution in [0.2, 0.25) is 0 Å². The zero-order chi connectivity index (χ0) is 14.7. The number of aliphatic carboxylic acids is 1. The van der Waals surface area contributed by atoms with Crippen molar-refractivity contribution in [3.05, 3.63) is 0 Å². The van der Waals surface area contributed by atoms with Crippen molar-refractivity contribution in [3.63, 3.8) is 0 Å². The first kappa shape index (κ1) is 16.4. The predicted molar refractivity (Wildman–Crippen MR) is 78.4 cm³/mol. The molecule has 1 rings (SSSR count). The molecule has 0 aromatic rings. The zero-order valence-corrected chi connectivity index (χ0v) is 13.2. The van der Waals surface area contributed by atoms with Crippen molar-refractivity contribution < 1.29 is 9.90 Å². The maximum Gasteiger partial charge on any atom is 0.310 e. The average molecular weight is 270 g/mol. The summed E-state index contributed by atoms with van der Waals surface area (Å²) >= 11 is 0. The van der Waals surface area contributed by atoms with E-state index in [4.69, 9.17) is 0 Å². The summed E-state index contributed by atoms with van der Waals surface area (Å²) in [5.41, 5.74) is -0.327. The summed E-state index contributed by atoms with van der Waals surface area (Å²) in [5, 5.41) is 9.51. The molecular weight excluding hydrogens is 240 g/mol. The molecule has 1 saturated carbocycles. The Morgan fingerprint density at radius 3 is 2.00 bits per heavy atom. The molecule has 112 valence electrons. The van der Waals surface area contributed by atoms with E-state index in [1.807, 2.05) is 13.8 Å². The van der Waals surface area contributed by atoms with Gasteiger partial charge in [0.05, 0.1) is 5.41 Å². The van der Waals surface area contributed by atoms with E-state index in [2.05, 4.69) is 30.9 Å². The topological polar surface area (TPSA) is 43.8 Å². The fourth-order valence-electron chi connectivity index (χ4n) is 3.25. The van der Waals surface area contributed by atoms with Crippen LogP contribution in [0.4, 0.5) is 0 Å². The number of carboxylic acid groups (broad SMARTS) is 1. The molecule has 0 unspecified atom stereocenters. The molecule has 1 fully saturated rings. The summed E-state index contributed by atoms with van der Waals surface area (Å²) in [5.74, 6) is -0.656. The molecule has 4 nitrogen and oxygen atoms in total. The Labute approximate surface area is 117 Å². The Bertz CT molecular complexity index is 307.